The second-order valence-electron chi connectivity index (χ2n) is 7.62. The molecule has 0 saturated carbocycles. The van der Waals surface area contributed by atoms with Gasteiger partial charge in [-0.25, -0.2) is 4.79 Å². The zero-order valence-corrected chi connectivity index (χ0v) is 18.2. The number of fused-ring (bicyclic) bond motifs is 1. The molecular weight excluding hydrogens is 420 g/mol. The maximum Gasteiger partial charge on any atom is 0.327 e. The van der Waals surface area contributed by atoms with E-state index in [0.29, 0.717) is 48.3 Å². The number of rotatable bonds is 4. The predicted molar refractivity (Wildman–Crippen MR) is 115 cm³/mol. The number of esters is 1. The fourth-order valence-corrected chi connectivity index (χ4v) is 4.29. The number of nitrogens with zero attached hydrogens (tertiary/aromatic N) is 2. The Labute approximate surface area is 186 Å². The molecule has 8 heteroatoms. The minimum atomic E-state index is -0.707. The number of halogens is 1. The molecule has 4 rings (SSSR count). The van der Waals surface area contributed by atoms with E-state index in [-0.39, 0.29) is 11.9 Å². The first-order valence-corrected chi connectivity index (χ1v) is 10.6. The summed E-state index contributed by atoms with van der Waals surface area (Å²) in [6.45, 7) is 3.78. The summed E-state index contributed by atoms with van der Waals surface area (Å²) in [5.74, 6) is 0.725. The molecule has 2 aromatic carbocycles. The molecule has 0 aromatic heterocycles. The molecule has 1 amide bonds. The molecule has 0 spiro atoms. The molecule has 2 aliphatic heterocycles. The summed E-state index contributed by atoms with van der Waals surface area (Å²) >= 11 is 6.35. The molecular formula is C23H25ClN2O5. The highest BCUT2D eigenvalue weighted by Crippen LogP contribution is 2.34. The van der Waals surface area contributed by atoms with E-state index in [2.05, 4.69) is 0 Å². The Bertz CT molecular complexity index is 960. The van der Waals surface area contributed by atoms with Crippen LogP contribution in [0.25, 0.3) is 0 Å². The van der Waals surface area contributed by atoms with Gasteiger partial charge in [0.25, 0.3) is 5.91 Å². The zero-order chi connectivity index (χ0) is 22.0. The third kappa shape index (κ3) is 4.34. The Kier molecular flexibility index (Phi) is 6.34. The van der Waals surface area contributed by atoms with Gasteiger partial charge in [-0.1, -0.05) is 41.9 Å². The first-order valence-electron chi connectivity index (χ1n) is 10.3. The van der Waals surface area contributed by atoms with Gasteiger partial charge in [0.1, 0.15) is 12.1 Å². The van der Waals surface area contributed by atoms with Gasteiger partial charge in [0, 0.05) is 31.2 Å². The topological polar surface area (TPSA) is 68.3 Å². The molecule has 3 unspecified atom stereocenters. The van der Waals surface area contributed by atoms with Gasteiger partial charge in [0.2, 0.25) is 6.10 Å². The standard InChI is InChI=1S/C23H25ClN2O5/c1-15-21(31-19-10-6-5-9-18(19)30-15)22(27)26-13-11-25(12-14-26)20(23(28)29-2)16-7-3-4-8-17(16)24/h3-10,15,20-21H,11-14H2,1-2H3. The molecule has 3 atom stereocenters. The van der Waals surface area contributed by atoms with Gasteiger partial charge in [0.15, 0.2) is 11.5 Å². The molecule has 0 bridgehead atoms. The van der Waals surface area contributed by atoms with E-state index in [4.69, 9.17) is 25.8 Å². The van der Waals surface area contributed by atoms with Gasteiger partial charge in [-0.05, 0) is 30.7 Å². The van der Waals surface area contributed by atoms with Crippen molar-refractivity contribution in [3.8, 4) is 11.5 Å². The van der Waals surface area contributed by atoms with Crippen LogP contribution in [0.15, 0.2) is 48.5 Å². The van der Waals surface area contributed by atoms with Crippen molar-refractivity contribution in [2.24, 2.45) is 0 Å². The number of piperazine rings is 1. The van der Waals surface area contributed by atoms with E-state index in [9.17, 15) is 9.59 Å². The number of hydrogen-bond acceptors (Lipinski definition) is 6. The number of hydrogen-bond donors (Lipinski definition) is 0. The monoisotopic (exact) mass is 444 g/mol. The van der Waals surface area contributed by atoms with Gasteiger partial charge in [-0.3, -0.25) is 9.69 Å². The fraction of sp³-hybridized carbons (Fsp3) is 0.391. The highest BCUT2D eigenvalue weighted by atomic mass is 35.5. The number of para-hydroxylation sites is 2. The average Bonchev–Trinajstić information content (AvgIpc) is 2.80. The Morgan fingerprint density at radius 3 is 2.26 bits per heavy atom. The summed E-state index contributed by atoms with van der Waals surface area (Å²) in [7, 11) is 1.37. The van der Waals surface area contributed by atoms with E-state index < -0.39 is 18.2 Å². The van der Waals surface area contributed by atoms with Crippen LogP contribution in [0.1, 0.15) is 18.5 Å². The number of amides is 1. The quantitative estimate of drug-likeness (QED) is 0.675. The molecule has 0 N–H and O–H groups in total. The molecule has 2 aromatic rings. The van der Waals surface area contributed by atoms with Gasteiger partial charge >= 0.3 is 5.97 Å². The molecule has 2 aliphatic rings. The van der Waals surface area contributed by atoms with Gasteiger partial charge in [-0.15, -0.1) is 0 Å². The van der Waals surface area contributed by atoms with Crippen molar-refractivity contribution in [2.45, 2.75) is 25.2 Å². The summed E-state index contributed by atoms with van der Waals surface area (Å²) in [4.78, 5) is 29.5. The lowest BCUT2D eigenvalue weighted by atomic mass is 10.0. The Balaban J connectivity index is 1.44. The highest BCUT2D eigenvalue weighted by Gasteiger charge is 2.39. The summed E-state index contributed by atoms with van der Waals surface area (Å²) in [5.41, 5.74) is 0.699. The largest absolute Gasteiger partial charge is 0.482 e. The van der Waals surface area contributed by atoms with Crippen molar-refractivity contribution < 1.29 is 23.8 Å². The van der Waals surface area contributed by atoms with Crippen molar-refractivity contribution in [3.63, 3.8) is 0 Å². The van der Waals surface area contributed by atoms with E-state index in [1.165, 1.54) is 7.11 Å². The first-order chi connectivity index (χ1) is 15.0. The smallest absolute Gasteiger partial charge is 0.327 e. The number of benzene rings is 2. The Morgan fingerprint density at radius 1 is 1.00 bits per heavy atom. The van der Waals surface area contributed by atoms with Crippen LogP contribution in [-0.4, -0.2) is 67.2 Å². The lowest BCUT2D eigenvalue weighted by Gasteiger charge is -2.40. The van der Waals surface area contributed by atoms with Crippen LogP contribution in [0.5, 0.6) is 11.5 Å². The minimum absolute atomic E-state index is 0.117. The van der Waals surface area contributed by atoms with Crippen LogP contribution in [0, 0.1) is 0 Å². The van der Waals surface area contributed by atoms with Crippen molar-refractivity contribution in [1.82, 2.24) is 9.80 Å². The predicted octanol–water partition coefficient (Wildman–Crippen LogP) is 2.93. The van der Waals surface area contributed by atoms with E-state index in [0.717, 1.165) is 0 Å². The van der Waals surface area contributed by atoms with Crippen molar-refractivity contribution in [2.75, 3.05) is 33.3 Å². The van der Waals surface area contributed by atoms with E-state index in [1.807, 2.05) is 48.2 Å². The van der Waals surface area contributed by atoms with Crippen LogP contribution in [0.2, 0.25) is 5.02 Å². The van der Waals surface area contributed by atoms with Gasteiger partial charge in [-0.2, -0.15) is 0 Å². The van der Waals surface area contributed by atoms with E-state index >= 15 is 0 Å². The summed E-state index contributed by atoms with van der Waals surface area (Å²) in [6, 6.07) is 14.0. The maximum atomic E-state index is 13.2. The molecule has 0 radical (unpaired) electrons. The normalized spacial score (nSPS) is 22.0. The molecule has 0 aliphatic carbocycles. The zero-order valence-electron chi connectivity index (χ0n) is 17.5. The number of methoxy groups -OCH3 is 1. The molecule has 2 heterocycles. The summed E-state index contributed by atoms with van der Waals surface area (Å²) < 4.78 is 16.9. The maximum absolute atomic E-state index is 13.2. The van der Waals surface area contributed by atoms with Crippen molar-refractivity contribution in [3.05, 3.63) is 59.1 Å². The number of carbonyl (C=O) groups excluding carboxylic acids is 2. The van der Waals surface area contributed by atoms with Crippen molar-refractivity contribution in [1.29, 1.82) is 0 Å². The second kappa shape index (κ2) is 9.16. The fourth-order valence-electron chi connectivity index (χ4n) is 4.05. The van der Waals surface area contributed by atoms with E-state index in [1.54, 1.807) is 17.0 Å². The molecule has 7 nitrogen and oxygen atoms in total. The SMILES string of the molecule is COC(=O)C(c1ccccc1Cl)N1CCN(C(=O)C2Oc3ccccc3OC2C)CC1. The van der Waals surface area contributed by atoms with Gasteiger partial charge in [0.05, 0.1) is 7.11 Å². The first kappa shape index (κ1) is 21.5. The molecule has 164 valence electrons. The van der Waals surface area contributed by atoms with Crippen LogP contribution in [0.4, 0.5) is 0 Å². The molecule has 31 heavy (non-hydrogen) atoms. The molecule has 1 saturated heterocycles. The third-order valence-corrected chi connectivity index (χ3v) is 6.05. The van der Waals surface area contributed by atoms with Crippen LogP contribution in [0.3, 0.4) is 0 Å². The van der Waals surface area contributed by atoms with Crippen molar-refractivity contribution >= 4 is 23.5 Å². The third-order valence-electron chi connectivity index (χ3n) is 5.70. The molecule has 1 fully saturated rings. The van der Waals surface area contributed by atoms with Crippen LogP contribution in [-0.2, 0) is 14.3 Å². The lowest BCUT2D eigenvalue weighted by Crippen LogP contribution is -2.57. The Hall–Kier alpha value is -2.77. The Morgan fingerprint density at radius 2 is 1.61 bits per heavy atom. The van der Waals surface area contributed by atoms with Crippen LogP contribution >= 0.6 is 11.6 Å². The summed E-state index contributed by atoms with van der Waals surface area (Å²) in [5, 5.41) is 0.511. The van der Waals surface area contributed by atoms with Gasteiger partial charge < -0.3 is 19.1 Å². The minimum Gasteiger partial charge on any atom is -0.482 e. The summed E-state index contributed by atoms with van der Waals surface area (Å²) in [6.07, 6.45) is -1.10. The van der Waals surface area contributed by atoms with Crippen LogP contribution < -0.4 is 9.47 Å². The average molecular weight is 445 g/mol. The number of carbonyl (C=O) groups is 2. The lowest BCUT2D eigenvalue weighted by molar-refractivity contribution is -0.151. The number of ether oxygens (including phenoxy) is 3. The second-order valence-corrected chi connectivity index (χ2v) is 8.02. The highest BCUT2D eigenvalue weighted by molar-refractivity contribution is 6.31.